The molecule has 2 heterocycles. The van der Waals surface area contributed by atoms with Crippen LogP contribution in [0, 0.1) is 13.8 Å². The molecule has 2 amide bonds. The zero-order valence-electron chi connectivity index (χ0n) is 17.1. The van der Waals surface area contributed by atoms with Crippen molar-refractivity contribution < 1.29 is 13.9 Å². The molecule has 2 aromatic heterocycles. The molecule has 3 aromatic rings. The molecule has 3 rings (SSSR count). The Bertz CT molecular complexity index is 974. The molecule has 28 heavy (non-hydrogen) atoms. The van der Waals surface area contributed by atoms with E-state index in [9.17, 15) is 4.79 Å². The second kappa shape index (κ2) is 8.37. The highest BCUT2D eigenvalue weighted by atomic mass is 16.5. The monoisotopic (exact) mass is 384 g/mol. The Balaban J connectivity index is 1.65. The van der Waals surface area contributed by atoms with Gasteiger partial charge in [0.2, 0.25) is 0 Å². The first kappa shape index (κ1) is 19.8. The lowest BCUT2D eigenvalue weighted by atomic mass is 10.2. The Hall–Kier alpha value is -2.96. The first-order valence-electron chi connectivity index (χ1n) is 9.67. The second-order valence-electron chi connectivity index (χ2n) is 6.77. The number of nitrogens with zero attached hydrogens (tertiary/aromatic N) is 2. The van der Waals surface area contributed by atoms with Gasteiger partial charge in [-0.1, -0.05) is 12.1 Å². The molecule has 7 heteroatoms. The second-order valence-corrected chi connectivity index (χ2v) is 6.77. The van der Waals surface area contributed by atoms with Crippen molar-refractivity contribution in [1.82, 2.24) is 20.4 Å². The minimum Gasteiger partial charge on any atom is -0.490 e. The Morgan fingerprint density at radius 2 is 2.11 bits per heavy atom. The quantitative estimate of drug-likeness (QED) is 0.639. The number of carbonyl (C=O) groups is 1. The summed E-state index contributed by atoms with van der Waals surface area (Å²) in [6.07, 6.45) is 0. The number of urea groups is 1. The third-order valence-electron chi connectivity index (χ3n) is 4.86. The van der Waals surface area contributed by atoms with Crippen LogP contribution in [0.1, 0.15) is 49.5 Å². The number of aryl methyl sites for hydroxylation is 2. The van der Waals surface area contributed by atoms with Crippen molar-refractivity contribution in [2.45, 2.75) is 53.8 Å². The van der Waals surface area contributed by atoms with Crippen molar-refractivity contribution in [2.24, 2.45) is 0 Å². The maximum Gasteiger partial charge on any atom is 0.315 e. The van der Waals surface area contributed by atoms with Crippen LogP contribution in [-0.2, 0) is 13.1 Å². The molecular formula is C21H28N4O3. The summed E-state index contributed by atoms with van der Waals surface area (Å²) >= 11 is 0. The van der Waals surface area contributed by atoms with Gasteiger partial charge < -0.3 is 19.8 Å². The van der Waals surface area contributed by atoms with E-state index >= 15 is 0 Å². The van der Waals surface area contributed by atoms with E-state index in [4.69, 9.17) is 9.15 Å². The Morgan fingerprint density at radius 1 is 1.32 bits per heavy atom. The molecule has 150 valence electrons. The van der Waals surface area contributed by atoms with E-state index in [0.29, 0.717) is 30.2 Å². The summed E-state index contributed by atoms with van der Waals surface area (Å²) in [6.45, 7) is 11.7. The predicted molar refractivity (Wildman–Crippen MR) is 109 cm³/mol. The van der Waals surface area contributed by atoms with Gasteiger partial charge in [-0.25, -0.2) is 4.79 Å². The number of aromatic nitrogens is 2. The first-order valence-corrected chi connectivity index (χ1v) is 9.67. The van der Waals surface area contributed by atoms with E-state index in [1.54, 1.807) is 0 Å². The topological polar surface area (TPSA) is 81.3 Å². The highest BCUT2D eigenvalue weighted by Crippen LogP contribution is 2.31. The predicted octanol–water partition coefficient (Wildman–Crippen LogP) is 4.23. The van der Waals surface area contributed by atoms with Gasteiger partial charge in [-0.3, -0.25) is 4.68 Å². The van der Waals surface area contributed by atoms with Gasteiger partial charge in [-0.05, 0) is 46.8 Å². The van der Waals surface area contributed by atoms with E-state index in [2.05, 4.69) is 22.7 Å². The van der Waals surface area contributed by atoms with Crippen LogP contribution in [0.2, 0.25) is 0 Å². The summed E-state index contributed by atoms with van der Waals surface area (Å²) in [4.78, 5) is 12.4. The van der Waals surface area contributed by atoms with Gasteiger partial charge in [0.15, 0.2) is 11.3 Å². The maximum atomic E-state index is 12.4. The summed E-state index contributed by atoms with van der Waals surface area (Å²) < 4.78 is 13.5. The molecule has 0 radical (unpaired) electrons. The van der Waals surface area contributed by atoms with E-state index in [1.165, 1.54) is 0 Å². The number of nitrogens with one attached hydrogen (secondary N) is 2. The Morgan fingerprint density at radius 3 is 2.79 bits per heavy atom. The molecule has 0 aliphatic rings. The normalized spacial score (nSPS) is 12.2. The van der Waals surface area contributed by atoms with Gasteiger partial charge in [-0.15, -0.1) is 0 Å². The third-order valence-corrected chi connectivity index (χ3v) is 4.86. The molecule has 0 fully saturated rings. The minimum atomic E-state index is -0.276. The zero-order chi connectivity index (χ0) is 20.3. The van der Waals surface area contributed by atoms with Crippen LogP contribution < -0.4 is 15.4 Å². The van der Waals surface area contributed by atoms with E-state index in [1.807, 2.05) is 56.6 Å². The van der Waals surface area contributed by atoms with Crippen LogP contribution in [0.5, 0.6) is 5.75 Å². The van der Waals surface area contributed by atoms with E-state index < -0.39 is 0 Å². The molecule has 1 aromatic carbocycles. The number of para-hydroxylation sites is 1. The van der Waals surface area contributed by atoms with Crippen LogP contribution in [0.3, 0.4) is 0 Å². The molecule has 0 aliphatic heterocycles. The SMILES string of the molecule is CCOc1cccc2cc([C@@H](C)NC(=O)NCc3c(C)nn(CC)c3C)oc12. The lowest BCUT2D eigenvalue weighted by Gasteiger charge is -2.13. The molecule has 0 bridgehead atoms. The number of carbonyl (C=O) groups excluding carboxylic acids is 1. The smallest absolute Gasteiger partial charge is 0.315 e. The molecule has 0 saturated heterocycles. The fraction of sp³-hybridized carbons (Fsp3) is 0.429. The standard InChI is InChI=1S/C21H28N4O3/c1-6-25-15(5)17(13(3)24-25)12-22-21(26)23-14(4)19-11-16-9-8-10-18(27-7-2)20(16)28-19/h8-11,14H,6-7,12H2,1-5H3,(H2,22,23,26)/t14-/m1/s1. The number of hydrogen-bond donors (Lipinski definition) is 2. The van der Waals surface area contributed by atoms with Gasteiger partial charge in [0.1, 0.15) is 5.76 Å². The molecular weight excluding hydrogens is 356 g/mol. The fourth-order valence-corrected chi connectivity index (χ4v) is 3.32. The Labute approximate surface area is 165 Å². The van der Waals surface area contributed by atoms with Gasteiger partial charge >= 0.3 is 6.03 Å². The van der Waals surface area contributed by atoms with Crippen molar-refractivity contribution in [3.05, 3.63) is 47.0 Å². The molecule has 1 atom stereocenters. The minimum absolute atomic E-state index is 0.249. The van der Waals surface area contributed by atoms with Gasteiger partial charge in [0.25, 0.3) is 0 Å². The third kappa shape index (κ3) is 3.98. The lowest BCUT2D eigenvalue weighted by Crippen LogP contribution is -2.36. The molecule has 0 unspecified atom stereocenters. The summed E-state index contributed by atoms with van der Waals surface area (Å²) in [5, 5.41) is 11.3. The van der Waals surface area contributed by atoms with Crippen LogP contribution in [0.4, 0.5) is 4.79 Å². The number of ether oxygens (including phenoxy) is 1. The summed E-state index contributed by atoms with van der Waals surface area (Å²) in [7, 11) is 0. The maximum absolute atomic E-state index is 12.4. The van der Waals surface area contributed by atoms with Crippen molar-refractivity contribution in [3.63, 3.8) is 0 Å². The van der Waals surface area contributed by atoms with Gasteiger partial charge in [0, 0.05) is 29.7 Å². The summed E-state index contributed by atoms with van der Waals surface area (Å²) in [6, 6.07) is 7.18. The molecule has 0 aliphatic carbocycles. The highest BCUT2D eigenvalue weighted by molar-refractivity contribution is 5.84. The zero-order valence-corrected chi connectivity index (χ0v) is 17.1. The number of hydrogen-bond acceptors (Lipinski definition) is 4. The number of amides is 2. The molecule has 7 nitrogen and oxygen atoms in total. The van der Waals surface area contributed by atoms with Crippen molar-refractivity contribution >= 4 is 17.0 Å². The van der Waals surface area contributed by atoms with Crippen molar-refractivity contribution in [1.29, 1.82) is 0 Å². The van der Waals surface area contributed by atoms with Crippen molar-refractivity contribution in [2.75, 3.05) is 6.61 Å². The fourth-order valence-electron chi connectivity index (χ4n) is 3.32. The van der Waals surface area contributed by atoms with Crippen LogP contribution in [-0.4, -0.2) is 22.4 Å². The largest absolute Gasteiger partial charge is 0.490 e. The Kier molecular flexibility index (Phi) is 5.92. The number of furan rings is 1. The van der Waals surface area contributed by atoms with Crippen LogP contribution >= 0.6 is 0 Å². The van der Waals surface area contributed by atoms with Gasteiger partial charge in [-0.2, -0.15) is 5.10 Å². The average Bonchev–Trinajstić information content (AvgIpc) is 3.22. The lowest BCUT2D eigenvalue weighted by molar-refractivity contribution is 0.236. The van der Waals surface area contributed by atoms with Crippen molar-refractivity contribution in [3.8, 4) is 5.75 Å². The first-order chi connectivity index (χ1) is 13.4. The average molecular weight is 384 g/mol. The van der Waals surface area contributed by atoms with E-state index in [0.717, 1.165) is 28.9 Å². The van der Waals surface area contributed by atoms with Crippen LogP contribution in [0.25, 0.3) is 11.0 Å². The van der Waals surface area contributed by atoms with Crippen LogP contribution in [0.15, 0.2) is 28.7 Å². The highest BCUT2D eigenvalue weighted by Gasteiger charge is 2.17. The van der Waals surface area contributed by atoms with Gasteiger partial charge in [0.05, 0.1) is 18.3 Å². The number of benzene rings is 1. The molecule has 2 N–H and O–H groups in total. The number of rotatable bonds is 7. The molecule has 0 spiro atoms. The van der Waals surface area contributed by atoms with E-state index in [-0.39, 0.29) is 12.1 Å². The summed E-state index contributed by atoms with van der Waals surface area (Å²) in [5.74, 6) is 1.39. The number of fused-ring (bicyclic) bond motifs is 1. The molecule has 0 saturated carbocycles. The summed E-state index contributed by atoms with van der Waals surface area (Å²) in [5.41, 5.74) is 3.77.